The van der Waals surface area contributed by atoms with Crippen LogP contribution < -0.4 is 0 Å². The predicted molar refractivity (Wildman–Crippen MR) is 104 cm³/mol. The molecule has 29 heavy (non-hydrogen) atoms. The van der Waals surface area contributed by atoms with Crippen LogP contribution in [-0.2, 0) is 6.18 Å². The van der Waals surface area contributed by atoms with Crippen molar-refractivity contribution in [2.75, 3.05) is 33.2 Å². The lowest BCUT2D eigenvalue weighted by molar-refractivity contribution is -0.137. The molecule has 0 saturated carbocycles. The van der Waals surface area contributed by atoms with Gasteiger partial charge in [0.15, 0.2) is 0 Å². The normalized spacial score (nSPS) is 17.5. The number of halogens is 3. The molecule has 0 spiro atoms. The van der Waals surface area contributed by atoms with Gasteiger partial charge in [-0.1, -0.05) is 18.2 Å². The fraction of sp³-hybridized carbons (Fsp3) is 0.333. The summed E-state index contributed by atoms with van der Waals surface area (Å²) >= 11 is 0. The van der Waals surface area contributed by atoms with Crippen LogP contribution in [0, 0.1) is 0 Å². The van der Waals surface area contributed by atoms with E-state index in [1.807, 2.05) is 25.2 Å². The average Bonchev–Trinajstić information content (AvgIpc) is 2.71. The van der Waals surface area contributed by atoms with Crippen LogP contribution in [0.25, 0.3) is 10.9 Å². The van der Waals surface area contributed by atoms with Gasteiger partial charge in [0.2, 0.25) is 0 Å². The molecule has 3 aromatic rings. The fourth-order valence-corrected chi connectivity index (χ4v) is 3.72. The van der Waals surface area contributed by atoms with E-state index in [0.29, 0.717) is 29.9 Å². The van der Waals surface area contributed by atoms with E-state index < -0.39 is 17.8 Å². The van der Waals surface area contributed by atoms with Gasteiger partial charge in [-0.25, -0.2) is 0 Å². The highest BCUT2D eigenvalue weighted by atomic mass is 19.4. The second-order valence-corrected chi connectivity index (χ2v) is 7.29. The zero-order valence-electron chi connectivity index (χ0n) is 15.9. The van der Waals surface area contributed by atoms with E-state index >= 15 is 0 Å². The Morgan fingerprint density at radius 3 is 2.41 bits per heavy atom. The molecular weight excluding hydrogens is 381 g/mol. The SMILES string of the molecule is CN1CCN([C@@H](c2ccc(C(F)(F)F)cn2)c2ccc3cccnc3c2O)CC1. The van der Waals surface area contributed by atoms with Gasteiger partial charge in [0.25, 0.3) is 0 Å². The number of hydrogen-bond acceptors (Lipinski definition) is 5. The lowest BCUT2D eigenvalue weighted by Crippen LogP contribution is -2.46. The summed E-state index contributed by atoms with van der Waals surface area (Å²) in [6.45, 7) is 3.07. The highest BCUT2D eigenvalue weighted by molar-refractivity contribution is 5.85. The maximum Gasteiger partial charge on any atom is 0.417 e. The molecule has 2 aromatic heterocycles. The van der Waals surface area contributed by atoms with Gasteiger partial charge in [0.1, 0.15) is 11.3 Å². The summed E-state index contributed by atoms with van der Waals surface area (Å²) in [5.41, 5.74) is 0.736. The van der Waals surface area contributed by atoms with Crippen molar-refractivity contribution in [2.24, 2.45) is 0 Å². The summed E-state index contributed by atoms with van der Waals surface area (Å²) in [6, 6.07) is 9.29. The molecule has 8 heteroatoms. The number of pyridine rings is 2. The molecule has 3 heterocycles. The van der Waals surface area contributed by atoms with Gasteiger partial charge >= 0.3 is 6.18 Å². The molecule has 1 fully saturated rings. The number of benzene rings is 1. The number of phenolic OH excluding ortho intramolecular Hbond substituents is 1. The molecule has 1 aliphatic heterocycles. The van der Waals surface area contributed by atoms with Gasteiger partial charge in [-0.3, -0.25) is 14.9 Å². The summed E-state index contributed by atoms with van der Waals surface area (Å²) in [5, 5.41) is 11.7. The Morgan fingerprint density at radius 1 is 1.00 bits per heavy atom. The zero-order valence-corrected chi connectivity index (χ0v) is 15.9. The topological polar surface area (TPSA) is 52.5 Å². The quantitative estimate of drug-likeness (QED) is 0.724. The van der Waals surface area contributed by atoms with Crippen LogP contribution in [-0.4, -0.2) is 58.1 Å². The molecule has 0 bridgehead atoms. The minimum Gasteiger partial charge on any atom is -0.505 e. The standard InChI is InChI=1S/C21H21F3N4O/c1-27-9-11-28(12-10-27)19(17-7-5-15(13-26-17)21(22,23)24)16-6-4-14-3-2-8-25-18(14)20(16)29/h2-8,13,19,29H,9-12H2,1H3/t19-/m1/s1. The van der Waals surface area contributed by atoms with E-state index in [9.17, 15) is 18.3 Å². The van der Waals surface area contributed by atoms with E-state index in [1.165, 1.54) is 6.07 Å². The number of aromatic nitrogens is 2. The highest BCUT2D eigenvalue weighted by Crippen LogP contribution is 2.38. The van der Waals surface area contributed by atoms with Crippen LogP contribution >= 0.6 is 0 Å². The Kier molecular flexibility index (Phi) is 5.14. The molecule has 1 aliphatic rings. The third-order valence-corrected chi connectivity index (χ3v) is 5.37. The van der Waals surface area contributed by atoms with Crippen LogP contribution in [0.2, 0.25) is 0 Å². The Hall–Kier alpha value is -2.71. The van der Waals surface area contributed by atoms with Crippen LogP contribution in [0.3, 0.4) is 0 Å². The summed E-state index contributed by atoms with van der Waals surface area (Å²) < 4.78 is 38.9. The number of phenols is 1. The molecule has 1 N–H and O–H groups in total. The molecule has 1 atom stereocenters. The molecule has 152 valence electrons. The van der Waals surface area contributed by atoms with E-state index in [-0.39, 0.29) is 5.75 Å². The summed E-state index contributed by atoms with van der Waals surface area (Å²) in [5.74, 6) is 0.0359. The summed E-state index contributed by atoms with van der Waals surface area (Å²) in [6.07, 6.45) is -1.98. The average molecular weight is 402 g/mol. The molecule has 0 aliphatic carbocycles. The molecule has 0 radical (unpaired) electrons. The lowest BCUT2D eigenvalue weighted by Gasteiger charge is -2.38. The minimum atomic E-state index is -4.44. The van der Waals surface area contributed by atoms with Gasteiger partial charge in [-0.2, -0.15) is 13.2 Å². The van der Waals surface area contributed by atoms with Gasteiger partial charge in [-0.05, 0) is 25.2 Å². The number of aromatic hydroxyl groups is 1. The third kappa shape index (κ3) is 3.90. The number of likely N-dealkylation sites (N-methyl/N-ethyl adjacent to an activating group) is 1. The van der Waals surface area contributed by atoms with E-state index in [0.717, 1.165) is 30.7 Å². The van der Waals surface area contributed by atoms with E-state index in [4.69, 9.17) is 0 Å². The number of fused-ring (bicyclic) bond motifs is 1. The minimum absolute atomic E-state index is 0.0359. The second kappa shape index (κ2) is 7.61. The Bertz CT molecular complexity index is 999. The third-order valence-electron chi connectivity index (χ3n) is 5.37. The molecule has 5 nitrogen and oxygen atoms in total. The Labute approximate surface area is 166 Å². The van der Waals surface area contributed by atoms with Crippen LogP contribution in [0.4, 0.5) is 13.2 Å². The van der Waals surface area contributed by atoms with Crippen molar-refractivity contribution in [3.05, 3.63) is 65.6 Å². The summed E-state index contributed by atoms with van der Waals surface area (Å²) in [7, 11) is 2.03. The number of piperazine rings is 1. The largest absolute Gasteiger partial charge is 0.505 e. The second-order valence-electron chi connectivity index (χ2n) is 7.29. The van der Waals surface area contributed by atoms with Gasteiger partial charge < -0.3 is 10.0 Å². The first-order chi connectivity index (χ1) is 13.8. The van der Waals surface area contributed by atoms with E-state index in [1.54, 1.807) is 12.3 Å². The van der Waals surface area contributed by atoms with Crippen LogP contribution in [0.1, 0.15) is 22.9 Å². The van der Waals surface area contributed by atoms with Gasteiger partial charge in [-0.15, -0.1) is 0 Å². The highest BCUT2D eigenvalue weighted by Gasteiger charge is 2.33. The monoisotopic (exact) mass is 402 g/mol. The van der Waals surface area contributed by atoms with Crippen molar-refractivity contribution < 1.29 is 18.3 Å². The maximum absolute atomic E-state index is 13.0. The number of alkyl halides is 3. The smallest absolute Gasteiger partial charge is 0.417 e. The van der Waals surface area contributed by atoms with Crippen LogP contribution in [0.15, 0.2) is 48.8 Å². The predicted octanol–water partition coefficient (Wildman–Crippen LogP) is 3.69. The molecule has 1 saturated heterocycles. The first-order valence-corrected chi connectivity index (χ1v) is 9.37. The van der Waals surface area contributed by atoms with Crippen LogP contribution in [0.5, 0.6) is 5.75 Å². The van der Waals surface area contributed by atoms with Crippen molar-refractivity contribution in [1.29, 1.82) is 0 Å². The van der Waals surface area contributed by atoms with Gasteiger partial charge in [0, 0.05) is 49.5 Å². The van der Waals surface area contributed by atoms with E-state index in [2.05, 4.69) is 19.8 Å². The number of rotatable bonds is 3. The van der Waals surface area contributed by atoms with Gasteiger partial charge in [0.05, 0.1) is 17.3 Å². The first kappa shape index (κ1) is 19.6. The molecule has 0 amide bonds. The van der Waals surface area contributed by atoms with Crippen molar-refractivity contribution in [1.82, 2.24) is 19.8 Å². The van der Waals surface area contributed by atoms with Crippen molar-refractivity contribution in [3.8, 4) is 5.75 Å². The Balaban J connectivity index is 1.80. The Morgan fingerprint density at radius 2 is 1.76 bits per heavy atom. The number of nitrogens with zero attached hydrogens (tertiary/aromatic N) is 4. The first-order valence-electron chi connectivity index (χ1n) is 9.37. The molecule has 0 unspecified atom stereocenters. The summed E-state index contributed by atoms with van der Waals surface area (Å²) in [4.78, 5) is 12.7. The van der Waals surface area contributed by atoms with Crippen molar-refractivity contribution in [3.63, 3.8) is 0 Å². The zero-order chi connectivity index (χ0) is 20.6. The molecule has 4 rings (SSSR count). The molecular formula is C21H21F3N4O. The van der Waals surface area contributed by atoms with Crippen molar-refractivity contribution in [2.45, 2.75) is 12.2 Å². The maximum atomic E-state index is 13.0. The molecule has 1 aromatic carbocycles. The van der Waals surface area contributed by atoms with Crippen molar-refractivity contribution >= 4 is 10.9 Å². The fourth-order valence-electron chi connectivity index (χ4n) is 3.72. The number of hydrogen-bond donors (Lipinski definition) is 1. The lowest BCUT2D eigenvalue weighted by atomic mass is 9.97.